The number of aromatic nitrogens is 2. The third-order valence-electron chi connectivity index (χ3n) is 4.44. The number of nitrogens with one attached hydrogen (secondary N) is 1. The van der Waals surface area contributed by atoms with E-state index < -0.39 is 23.7 Å². The topological polar surface area (TPSA) is 93.3 Å². The van der Waals surface area contributed by atoms with Gasteiger partial charge < -0.3 is 11.1 Å². The predicted octanol–water partition coefficient (Wildman–Crippen LogP) is 2.56. The predicted molar refractivity (Wildman–Crippen MR) is 108 cm³/mol. The number of hydrogen-bond acceptors (Lipinski definition) is 4. The van der Waals surface area contributed by atoms with E-state index in [4.69, 9.17) is 5.73 Å². The second-order valence-electron chi connectivity index (χ2n) is 6.88. The fourth-order valence-corrected chi connectivity index (χ4v) is 3.18. The summed E-state index contributed by atoms with van der Waals surface area (Å²) in [7, 11) is 1.54. The molecule has 30 heavy (non-hydrogen) atoms. The first kappa shape index (κ1) is 21.1. The third-order valence-corrected chi connectivity index (χ3v) is 4.44. The lowest BCUT2D eigenvalue weighted by Gasteiger charge is -2.25. The smallest absolute Gasteiger partial charge is 0.239 e. The summed E-state index contributed by atoms with van der Waals surface area (Å²) in [5.74, 6) is -1.63. The molecule has 7 nitrogen and oxygen atoms in total. The van der Waals surface area contributed by atoms with Crippen molar-refractivity contribution in [2.24, 2.45) is 5.73 Å². The van der Waals surface area contributed by atoms with Crippen molar-refractivity contribution in [3.8, 4) is 5.69 Å². The largest absolute Gasteiger partial charge is 0.368 e. The van der Waals surface area contributed by atoms with Gasteiger partial charge in [-0.05, 0) is 55.9 Å². The van der Waals surface area contributed by atoms with Crippen LogP contribution in [0.5, 0.6) is 0 Å². The minimum Gasteiger partial charge on any atom is -0.368 e. The average Bonchev–Trinajstić information content (AvgIpc) is 3.02. The number of amides is 2. The normalized spacial score (nSPS) is 12.0. The highest BCUT2D eigenvalue weighted by Crippen LogP contribution is 2.21. The summed E-state index contributed by atoms with van der Waals surface area (Å²) in [5.41, 5.74) is 7.06. The number of anilines is 1. The zero-order valence-electron chi connectivity index (χ0n) is 16.5. The number of carbonyl (C=O) groups is 2. The Morgan fingerprint density at radius 2 is 1.83 bits per heavy atom. The number of aryl methyl sites for hydroxylation is 1. The molecule has 0 spiro atoms. The van der Waals surface area contributed by atoms with Crippen molar-refractivity contribution in [2.75, 3.05) is 18.9 Å². The minimum absolute atomic E-state index is 0.183. The van der Waals surface area contributed by atoms with Crippen LogP contribution in [0.25, 0.3) is 5.69 Å². The lowest BCUT2D eigenvalue weighted by molar-refractivity contribution is -0.124. The molecule has 0 aliphatic carbocycles. The van der Waals surface area contributed by atoms with Crippen LogP contribution in [0.2, 0.25) is 0 Å². The van der Waals surface area contributed by atoms with Crippen molar-refractivity contribution in [2.45, 2.75) is 13.0 Å². The van der Waals surface area contributed by atoms with Crippen LogP contribution in [-0.2, 0) is 9.59 Å². The van der Waals surface area contributed by atoms with Gasteiger partial charge >= 0.3 is 0 Å². The van der Waals surface area contributed by atoms with E-state index in [2.05, 4.69) is 10.4 Å². The van der Waals surface area contributed by atoms with Crippen LogP contribution in [0.1, 0.15) is 17.3 Å². The summed E-state index contributed by atoms with van der Waals surface area (Å²) in [5, 5.41) is 7.05. The first-order valence-corrected chi connectivity index (χ1v) is 9.12. The lowest BCUT2D eigenvalue weighted by atomic mass is 10.0. The first-order chi connectivity index (χ1) is 14.2. The van der Waals surface area contributed by atoms with Crippen LogP contribution in [0.4, 0.5) is 14.6 Å². The van der Waals surface area contributed by atoms with E-state index in [1.165, 1.54) is 52.0 Å². The molecular weight excluding hydrogens is 392 g/mol. The molecule has 2 aromatic carbocycles. The zero-order valence-corrected chi connectivity index (χ0v) is 16.5. The van der Waals surface area contributed by atoms with E-state index in [-0.39, 0.29) is 12.4 Å². The number of halogens is 2. The number of nitrogens with zero attached hydrogens (tertiary/aromatic N) is 3. The quantitative estimate of drug-likeness (QED) is 0.623. The molecule has 0 fully saturated rings. The Morgan fingerprint density at radius 1 is 1.13 bits per heavy atom. The Balaban J connectivity index is 1.76. The van der Waals surface area contributed by atoms with Crippen molar-refractivity contribution in [1.29, 1.82) is 0 Å². The Bertz CT molecular complexity index is 1070. The molecule has 156 valence electrons. The molecular formula is C21H21F2N5O2. The zero-order chi connectivity index (χ0) is 21.8. The van der Waals surface area contributed by atoms with Crippen molar-refractivity contribution >= 4 is 17.6 Å². The second-order valence-corrected chi connectivity index (χ2v) is 6.88. The molecule has 1 heterocycles. The van der Waals surface area contributed by atoms with Gasteiger partial charge in [0.1, 0.15) is 23.5 Å². The van der Waals surface area contributed by atoms with Gasteiger partial charge in [-0.25, -0.2) is 13.5 Å². The number of rotatable bonds is 7. The maximum atomic E-state index is 13.6. The summed E-state index contributed by atoms with van der Waals surface area (Å²) < 4.78 is 28.2. The van der Waals surface area contributed by atoms with Crippen LogP contribution in [0.15, 0.2) is 54.6 Å². The summed E-state index contributed by atoms with van der Waals surface area (Å²) in [4.78, 5) is 26.0. The Labute approximate surface area is 172 Å². The monoisotopic (exact) mass is 413 g/mol. The van der Waals surface area contributed by atoms with Crippen LogP contribution < -0.4 is 11.1 Å². The molecule has 1 aromatic heterocycles. The molecule has 1 unspecified atom stereocenters. The number of nitrogens with two attached hydrogens (primary N) is 1. The van der Waals surface area contributed by atoms with Gasteiger partial charge in [0.15, 0.2) is 0 Å². The van der Waals surface area contributed by atoms with E-state index in [0.717, 1.165) is 0 Å². The summed E-state index contributed by atoms with van der Waals surface area (Å²) in [6.07, 6.45) is 0. The molecule has 0 radical (unpaired) electrons. The van der Waals surface area contributed by atoms with E-state index in [0.29, 0.717) is 22.8 Å². The van der Waals surface area contributed by atoms with Crippen molar-refractivity contribution < 1.29 is 18.4 Å². The molecule has 3 aromatic rings. The number of carbonyl (C=O) groups excluding carboxylic acids is 2. The van der Waals surface area contributed by atoms with E-state index in [9.17, 15) is 18.4 Å². The fraction of sp³-hybridized carbons (Fsp3) is 0.190. The number of hydrogen-bond donors (Lipinski definition) is 2. The summed E-state index contributed by atoms with van der Waals surface area (Å²) in [6.45, 7) is 1.58. The summed E-state index contributed by atoms with van der Waals surface area (Å²) in [6, 6.07) is 11.9. The SMILES string of the molecule is Cc1cc(NC(=O)CN(C)C(C(N)=O)c2cccc(F)c2)n(-c2ccc(F)cc2)n1. The Hall–Kier alpha value is -3.59. The van der Waals surface area contributed by atoms with E-state index in [1.54, 1.807) is 26.1 Å². The number of primary amides is 1. The minimum atomic E-state index is -0.977. The standard InChI is InChI=1S/C21H21F2N5O2/c1-13-10-18(28(26-13)17-8-6-15(22)7-9-17)25-19(29)12-27(2)20(21(24)30)14-4-3-5-16(23)11-14/h3-11,20H,12H2,1-2H3,(H2,24,30)(H,25,29). The van der Waals surface area contributed by atoms with Crippen molar-refractivity contribution in [3.63, 3.8) is 0 Å². The average molecular weight is 413 g/mol. The highest BCUT2D eigenvalue weighted by Gasteiger charge is 2.25. The Morgan fingerprint density at radius 3 is 2.47 bits per heavy atom. The Kier molecular flexibility index (Phi) is 6.22. The molecule has 0 aliphatic heterocycles. The van der Waals surface area contributed by atoms with Gasteiger partial charge in [-0.2, -0.15) is 5.10 Å². The molecule has 0 aliphatic rings. The van der Waals surface area contributed by atoms with Crippen molar-refractivity contribution in [3.05, 3.63) is 77.5 Å². The van der Waals surface area contributed by atoms with Gasteiger partial charge in [-0.3, -0.25) is 14.5 Å². The van der Waals surface area contributed by atoms with Gasteiger partial charge in [0, 0.05) is 6.07 Å². The van der Waals surface area contributed by atoms with Gasteiger partial charge in [0.2, 0.25) is 11.8 Å². The molecule has 3 rings (SSSR count). The number of benzene rings is 2. The van der Waals surface area contributed by atoms with Crippen LogP contribution in [0.3, 0.4) is 0 Å². The maximum Gasteiger partial charge on any atom is 0.239 e. The third kappa shape index (κ3) is 4.87. The molecule has 9 heteroatoms. The van der Waals surface area contributed by atoms with Crippen LogP contribution in [-0.4, -0.2) is 40.1 Å². The molecule has 3 N–H and O–H groups in total. The van der Waals surface area contributed by atoms with Gasteiger partial charge in [-0.15, -0.1) is 0 Å². The molecule has 1 atom stereocenters. The van der Waals surface area contributed by atoms with E-state index in [1.807, 2.05) is 0 Å². The number of likely N-dealkylation sites (N-methyl/N-ethyl adjacent to an activating group) is 1. The highest BCUT2D eigenvalue weighted by atomic mass is 19.1. The molecule has 0 saturated heterocycles. The van der Waals surface area contributed by atoms with Crippen LogP contribution in [0, 0.1) is 18.6 Å². The lowest BCUT2D eigenvalue weighted by Crippen LogP contribution is -2.40. The molecule has 0 bridgehead atoms. The van der Waals surface area contributed by atoms with Gasteiger partial charge in [-0.1, -0.05) is 12.1 Å². The highest BCUT2D eigenvalue weighted by molar-refractivity contribution is 5.92. The second kappa shape index (κ2) is 8.83. The van der Waals surface area contributed by atoms with E-state index >= 15 is 0 Å². The summed E-state index contributed by atoms with van der Waals surface area (Å²) >= 11 is 0. The van der Waals surface area contributed by atoms with Gasteiger partial charge in [0.25, 0.3) is 0 Å². The van der Waals surface area contributed by atoms with Gasteiger partial charge in [0.05, 0.1) is 17.9 Å². The molecule has 0 saturated carbocycles. The van der Waals surface area contributed by atoms with Crippen LogP contribution >= 0.6 is 0 Å². The fourth-order valence-electron chi connectivity index (χ4n) is 3.18. The maximum absolute atomic E-state index is 13.6. The molecule has 2 amide bonds. The first-order valence-electron chi connectivity index (χ1n) is 9.12. The van der Waals surface area contributed by atoms with Crippen molar-refractivity contribution in [1.82, 2.24) is 14.7 Å².